The van der Waals surface area contributed by atoms with Crippen molar-refractivity contribution >= 4 is 12.6 Å². The Bertz CT molecular complexity index is 735. The maximum Gasteiger partial charge on any atom is 0.125 e. The number of aryl methyl sites for hydroxylation is 2. The maximum absolute atomic E-state index is 6.29. The fourth-order valence-corrected chi connectivity index (χ4v) is 4.13. The van der Waals surface area contributed by atoms with Crippen molar-refractivity contribution in [2.24, 2.45) is 0 Å². The predicted octanol–water partition coefficient (Wildman–Crippen LogP) is 8.18. The molecule has 0 radical (unpaired) electrons. The summed E-state index contributed by atoms with van der Waals surface area (Å²) in [7, 11) is 0. The molecule has 1 nitrogen and oxygen atoms in total. The zero-order valence-electron chi connectivity index (χ0n) is 18.5. The highest BCUT2D eigenvalue weighted by atomic mass is 32.1. The van der Waals surface area contributed by atoms with E-state index >= 15 is 0 Å². The largest absolute Gasteiger partial charge is 0.490 e. The van der Waals surface area contributed by atoms with Gasteiger partial charge in [0.25, 0.3) is 0 Å². The topological polar surface area (TPSA) is 9.23 Å². The Kier molecular flexibility index (Phi) is 9.44. The normalized spacial score (nSPS) is 17.1. The van der Waals surface area contributed by atoms with Crippen LogP contribution in [0.25, 0.3) is 0 Å². The lowest BCUT2D eigenvalue weighted by Crippen LogP contribution is -2.23. The Labute approximate surface area is 178 Å². The third kappa shape index (κ3) is 7.91. The summed E-state index contributed by atoms with van der Waals surface area (Å²) >= 11 is 4.48. The van der Waals surface area contributed by atoms with Gasteiger partial charge in [0.05, 0.1) is 6.10 Å². The van der Waals surface area contributed by atoms with Crippen LogP contribution in [0.3, 0.4) is 0 Å². The zero-order valence-corrected chi connectivity index (χ0v) is 19.4. The molecule has 1 aromatic rings. The molecular weight excluding hydrogens is 360 g/mol. The molecule has 1 aliphatic heterocycles. The third-order valence-corrected chi connectivity index (χ3v) is 5.72. The second kappa shape index (κ2) is 11.6. The van der Waals surface area contributed by atoms with Gasteiger partial charge in [-0.15, -0.1) is 12.6 Å². The number of fused-ring (bicyclic) bond motifs is 1. The summed E-state index contributed by atoms with van der Waals surface area (Å²) in [5.74, 6) is 1.10. The number of rotatable bonds is 9. The predicted molar refractivity (Wildman–Crippen MR) is 126 cm³/mol. The smallest absolute Gasteiger partial charge is 0.125 e. The van der Waals surface area contributed by atoms with E-state index in [1.807, 2.05) is 0 Å². The van der Waals surface area contributed by atoms with Crippen molar-refractivity contribution in [2.75, 3.05) is 0 Å². The number of thiol groups is 1. The Morgan fingerprint density at radius 2 is 1.64 bits per heavy atom. The van der Waals surface area contributed by atoms with Gasteiger partial charge in [0.2, 0.25) is 0 Å². The molecule has 0 aromatic heterocycles. The number of hydrogen-bond acceptors (Lipinski definition) is 2. The summed E-state index contributed by atoms with van der Waals surface area (Å²) < 4.78 is 6.29. The molecule has 0 saturated carbocycles. The van der Waals surface area contributed by atoms with Gasteiger partial charge in [-0.3, -0.25) is 0 Å². The molecule has 28 heavy (non-hydrogen) atoms. The van der Waals surface area contributed by atoms with E-state index in [9.17, 15) is 0 Å². The fraction of sp³-hybridized carbons (Fsp3) is 0.538. The molecular formula is C26H38OS. The molecule has 154 valence electrons. The number of hydrogen-bond donors (Lipinski definition) is 1. The molecule has 0 bridgehead atoms. The van der Waals surface area contributed by atoms with Gasteiger partial charge >= 0.3 is 0 Å². The first kappa shape index (κ1) is 22.9. The summed E-state index contributed by atoms with van der Waals surface area (Å²) in [6.07, 6.45) is 16.6. The molecule has 2 heteroatoms. The lowest BCUT2D eigenvalue weighted by atomic mass is 9.97. The molecule has 0 amide bonds. The van der Waals surface area contributed by atoms with Crippen molar-refractivity contribution in [2.45, 2.75) is 97.0 Å². The molecule has 1 aliphatic rings. The van der Waals surface area contributed by atoms with Crippen LogP contribution in [0.5, 0.6) is 5.75 Å². The van der Waals surface area contributed by atoms with Gasteiger partial charge < -0.3 is 4.74 Å². The number of allylic oxidation sites excluding steroid dienone is 6. The third-order valence-electron chi connectivity index (χ3n) is 5.46. The molecule has 0 saturated heterocycles. The van der Waals surface area contributed by atoms with E-state index in [0.29, 0.717) is 6.10 Å². The van der Waals surface area contributed by atoms with Crippen molar-refractivity contribution in [3.05, 3.63) is 58.2 Å². The van der Waals surface area contributed by atoms with Crippen LogP contribution in [0.15, 0.2) is 52.0 Å². The Morgan fingerprint density at radius 1 is 1.00 bits per heavy atom. The quantitative estimate of drug-likeness (QED) is 0.326. The molecule has 0 aliphatic carbocycles. The second-order valence-electron chi connectivity index (χ2n) is 8.57. The standard InChI is InChI=1S/C26H38OS/c1-19(2)9-6-10-20(3)11-7-12-21(4)13-8-14-24-16-15-23-18-25(28)17-22(5)26(23)27-24/h9,11,13,17-18,24,28H,6-8,10,12,14-16H2,1-5H3/b20-11+,21-13+. The average Bonchev–Trinajstić information content (AvgIpc) is 2.61. The summed E-state index contributed by atoms with van der Waals surface area (Å²) in [6, 6.07) is 4.25. The monoisotopic (exact) mass is 398 g/mol. The number of ether oxygens (including phenoxy) is 1. The first-order valence-corrected chi connectivity index (χ1v) is 11.2. The van der Waals surface area contributed by atoms with Crippen molar-refractivity contribution in [3.8, 4) is 5.75 Å². The van der Waals surface area contributed by atoms with Gasteiger partial charge in [0.1, 0.15) is 5.75 Å². The van der Waals surface area contributed by atoms with Crippen LogP contribution < -0.4 is 4.74 Å². The minimum atomic E-state index is 0.346. The summed E-state index contributed by atoms with van der Waals surface area (Å²) in [4.78, 5) is 1.04. The van der Waals surface area contributed by atoms with Crippen molar-refractivity contribution in [3.63, 3.8) is 0 Å². The minimum absolute atomic E-state index is 0.346. The highest BCUT2D eigenvalue weighted by Gasteiger charge is 2.21. The Hall–Kier alpha value is -1.41. The highest BCUT2D eigenvalue weighted by molar-refractivity contribution is 7.80. The van der Waals surface area contributed by atoms with Crippen LogP contribution in [0, 0.1) is 6.92 Å². The minimum Gasteiger partial charge on any atom is -0.490 e. The highest BCUT2D eigenvalue weighted by Crippen LogP contribution is 2.34. The maximum atomic E-state index is 6.29. The lowest BCUT2D eigenvalue weighted by Gasteiger charge is -2.27. The van der Waals surface area contributed by atoms with Gasteiger partial charge in [-0.1, -0.05) is 34.9 Å². The van der Waals surface area contributed by atoms with Gasteiger partial charge in [-0.25, -0.2) is 0 Å². The zero-order chi connectivity index (χ0) is 20.5. The summed E-state index contributed by atoms with van der Waals surface area (Å²) in [6.45, 7) is 11.0. The van der Waals surface area contributed by atoms with Gasteiger partial charge in [-0.2, -0.15) is 0 Å². The van der Waals surface area contributed by atoms with Crippen molar-refractivity contribution in [1.82, 2.24) is 0 Å². The number of benzene rings is 1. The Balaban J connectivity index is 1.72. The van der Waals surface area contributed by atoms with Crippen LogP contribution in [-0.4, -0.2) is 6.10 Å². The van der Waals surface area contributed by atoms with Crippen molar-refractivity contribution in [1.29, 1.82) is 0 Å². The van der Waals surface area contributed by atoms with E-state index in [1.165, 1.54) is 40.7 Å². The van der Waals surface area contributed by atoms with Gasteiger partial charge in [0, 0.05) is 4.90 Å². The van der Waals surface area contributed by atoms with Crippen LogP contribution in [-0.2, 0) is 6.42 Å². The van der Waals surface area contributed by atoms with E-state index in [0.717, 1.165) is 49.2 Å². The van der Waals surface area contributed by atoms with E-state index in [-0.39, 0.29) is 0 Å². The molecule has 0 fully saturated rings. The second-order valence-corrected chi connectivity index (χ2v) is 9.08. The van der Waals surface area contributed by atoms with E-state index < -0.39 is 0 Å². The molecule has 1 unspecified atom stereocenters. The van der Waals surface area contributed by atoms with Crippen LogP contribution >= 0.6 is 12.6 Å². The first-order valence-electron chi connectivity index (χ1n) is 10.8. The molecule has 1 aromatic carbocycles. The summed E-state index contributed by atoms with van der Waals surface area (Å²) in [5, 5.41) is 0. The van der Waals surface area contributed by atoms with Gasteiger partial charge in [0.15, 0.2) is 0 Å². The lowest BCUT2D eigenvalue weighted by molar-refractivity contribution is 0.163. The average molecular weight is 399 g/mol. The van der Waals surface area contributed by atoms with Crippen LogP contribution in [0.1, 0.15) is 83.8 Å². The van der Waals surface area contributed by atoms with Crippen LogP contribution in [0.2, 0.25) is 0 Å². The fourth-order valence-electron chi connectivity index (χ4n) is 3.78. The van der Waals surface area contributed by atoms with Gasteiger partial charge in [-0.05, 0) is 109 Å². The molecule has 2 rings (SSSR count). The summed E-state index contributed by atoms with van der Waals surface area (Å²) in [5.41, 5.74) is 6.96. The van der Waals surface area contributed by atoms with E-state index in [1.54, 1.807) is 0 Å². The first-order chi connectivity index (χ1) is 13.3. The molecule has 0 N–H and O–H groups in total. The van der Waals surface area contributed by atoms with E-state index in [2.05, 4.69) is 77.6 Å². The van der Waals surface area contributed by atoms with E-state index in [4.69, 9.17) is 4.74 Å². The van der Waals surface area contributed by atoms with Crippen molar-refractivity contribution < 1.29 is 4.74 Å². The molecule has 0 spiro atoms. The molecule has 1 atom stereocenters. The Morgan fingerprint density at radius 3 is 2.32 bits per heavy atom. The molecule has 1 heterocycles. The SMILES string of the molecule is CC(C)=CCC/C(C)=C/CC/C(C)=C/CCC1CCc2cc(S)cc(C)c2O1. The van der Waals surface area contributed by atoms with Crippen LogP contribution in [0.4, 0.5) is 0 Å².